The lowest BCUT2D eigenvalue weighted by Crippen LogP contribution is -2.66. The first-order valence-corrected chi connectivity index (χ1v) is 11.2. The Kier molecular flexibility index (Phi) is 6.29. The van der Waals surface area contributed by atoms with Gasteiger partial charge in [0.25, 0.3) is 5.91 Å². The van der Waals surface area contributed by atoms with Crippen LogP contribution in [-0.4, -0.2) is 59.5 Å². The number of benzene rings is 2. The van der Waals surface area contributed by atoms with Gasteiger partial charge in [0.2, 0.25) is 5.91 Å². The van der Waals surface area contributed by atoms with Crippen LogP contribution in [0.5, 0.6) is 0 Å². The molecule has 2 aromatic carbocycles. The van der Waals surface area contributed by atoms with Gasteiger partial charge < -0.3 is 14.9 Å². The third kappa shape index (κ3) is 3.89. The average Bonchev–Trinajstić information content (AvgIpc) is 3.34. The number of hydrogen-bond donors (Lipinski definition) is 1. The Bertz CT molecular complexity index is 1020. The summed E-state index contributed by atoms with van der Waals surface area (Å²) in [5.74, 6) is -0.213. The molecule has 32 heavy (non-hydrogen) atoms. The fourth-order valence-electron chi connectivity index (χ4n) is 5.06. The van der Waals surface area contributed by atoms with Gasteiger partial charge in [-0.05, 0) is 41.7 Å². The quantitative estimate of drug-likeness (QED) is 0.786. The minimum absolute atomic E-state index is 0.00873. The SMILES string of the molecule is CN(C)C(=O)c1ccc(-c2ccc([C@@H]3[C@@H](C#N)N(C(=O)C4CCCC4)[C@H]3CO)cc2)cc1. The van der Waals surface area contributed by atoms with E-state index >= 15 is 0 Å². The summed E-state index contributed by atoms with van der Waals surface area (Å²) in [6.07, 6.45) is 3.87. The van der Waals surface area contributed by atoms with Crippen molar-refractivity contribution < 1.29 is 14.7 Å². The highest BCUT2D eigenvalue weighted by Gasteiger charge is 2.52. The zero-order valence-corrected chi connectivity index (χ0v) is 18.6. The summed E-state index contributed by atoms with van der Waals surface area (Å²) >= 11 is 0. The Balaban J connectivity index is 1.51. The van der Waals surface area contributed by atoms with Crippen molar-refractivity contribution in [2.24, 2.45) is 5.92 Å². The second-order valence-corrected chi connectivity index (χ2v) is 8.98. The summed E-state index contributed by atoms with van der Waals surface area (Å²) in [6.45, 7) is -0.148. The summed E-state index contributed by atoms with van der Waals surface area (Å²) in [4.78, 5) is 28.2. The molecular weight excluding hydrogens is 402 g/mol. The molecule has 0 radical (unpaired) electrons. The van der Waals surface area contributed by atoms with Crippen LogP contribution in [0.2, 0.25) is 0 Å². The van der Waals surface area contributed by atoms with E-state index in [1.165, 1.54) is 0 Å². The molecule has 2 amide bonds. The van der Waals surface area contributed by atoms with Crippen molar-refractivity contribution in [3.8, 4) is 17.2 Å². The van der Waals surface area contributed by atoms with E-state index in [-0.39, 0.29) is 36.3 Å². The Morgan fingerprint density at radius 1 is 1.03 bits per heavy atom. The molecule has 166 valence electrons. The number of aliphatic hydroxyl groups is 1. The number of rotatable bonds is 5. The molecule has 1 N–H and O–H groups in total. The van der Waals surface area contributed by atoms with Gasteiger partial charge in [0.05, 0.1) is 18.7 Å². The predicted octanol–water partition coefficient (Wildman–Crippen LogP) is 3.42. The average molecular weight is 432 g/mol. The molecule has 2 aliphatic rings. The van der Waals surface area contributed by atoms with E-state index in [1.54, 1.807) is 23.9 Å². The Morgan fingerprint density at radius 2 is 1.59 bits per heavy atom. The van der Waals surface area contributed by atoms with Crippen LogP contribution in [0.4, 0.5) is 0 Å². The van der Waals surface area contributed by atoms with E-state index in [2.05, 4.69) is 6.07 Å². The van der Waals surface area contributed by atoms with Crippen molar-refractivity contribution in [2.75, 3.05) is 20.7 Å². The number of nitrogens with zero attached hydrogens (tertiary/aromatic N) is 3. The molecule has 0 bridgehead atoms. The largest absolute Gasteiger partial charge is 0.394 e. The maximum Gasteiger partial charge on any atom is 0.253 e. The lowest BCUT2D eigenvalue weighted by Gasteiger charge is -2.52. The van der Waals surface area contributed by atoms with Gasteiger partial charge in [0, 0.05) is 31.5 Å². The summed E-state index contributed by atoms with van der Waals surface area (Å²) in [6, 6.07) is 16.8. The Labute approximate surface area is 189 Å². The highest BCUT2D eigenvalue weighted by Crippen LogP contribution is 2.43. The molecule has 2 fully saturated rings. The molecule has 4 rings (SSSR count). The molecule has 1 saturated carbocycles. The maximum atomic E-state index is 12.9. The van der Waals surface area contributed by atoms with E-state index in [0.29, 0.717) is 5.56 Å². The molecule has 1 saturated heterocycles. The number of amides is 2. The van der Waals surface area contributed by atoms with E-state index in [9.17, 15) is 20.0 Å². The fourth-order valence-corrected chi connectivity index (χ4v) is 5.06. The third-order valence-electron chi connectivity index (χ3n) is 6.86. The topological polar surface area (TPSA) is 84.6 Å². The smallest absolute Gasteiger partial charge is 0.253 e. The molecule has 1 aliphatic heterocycles. The predicted molar refractivity (Wildman–Crippen MR) is 122 cm³/mol. The van der Waals surface area contributed by atoms with Gasteiger partial charge in [-0.15, -0.1) is 0 Å². The number of nitriles is 1. The Morgan fingerprint density at radius 3 is 2.09 bits per heavy atom. The van der Waals surface area contributed by atoms with Gasteiger partial charge in [0.15, 0.2) is 0 Å². The summed E-state index contributed by atoms with van der Waals surface area (Å²) < 4.78 is 0. The van der Waals surface area contributed by atoms with Crippen LogP contribution in [0.15, 0.2) is 48.5 Å². The fraction of sp³-hybridized carbons (Fsp3) is 0.423. The third-order valence-corrected chi connectivity index (χ3v) is 6.86. The lowest BCUT2D eigenvalue weighted by molar-refractivity contribution is -0.151. The molecule has 0 aromatic heterocycles. The standard InChI is InChI=1S/C26H29N3O3/c1-28(2)25(31)21-13-9-18(10-14-21)17-7-11-19(12-8-17)24-22(15-27)29(23(24)16-30)26(32)20-5-3-4-6-20/h7-14,20,22-24,30H,3-6,16H2,1-2H3/t22-,23+,24-/m1/s1. The number of carbonyl (C=O) groups is 2. The number of carbonyl (C=O) groups excluding carboxylic acids is 2. The van der Waals surface area contributed by atoms with Gasteiger partial charge in [-0.25, -0.2) is 0 Å². The summed E-state index contributed by atoms with van der Waals surface area (Å²) in [5, 5.41) is 19.8. The highest BCUT2D eigenvalue weighted by atomic mass is 16.3. The van der Waals surface area contributed by atoms with Gasteiger partial charge in [0.1, 0.15) is 6.04 Å². The molecule has 3 atom stereocenters. The van der Waals surface area contributed by atoms with Crippen molar-refractivity contribution in [1.82, 2.24) is 9.80 Å². The van der Waals surface area contributed by atoms with Crippen LogP contribution >= 0.6 is 0 Å². The molecule has 0 spiro atoms. The van der Waals surface area contributed by atoms with E-state index < -0.39 is 6.04 Å². The van der Waals surface area contributed by atoms with Crippen molar-refractivity contribution in [3.63, 3.8) is 0 Å². The highest BCUT2D eigenvalue weighted by molar-refractivity contribution is 5.94. The number of aliphatic hydroxyl groups excluding tert-OH is 1. The van der Waals surface area contributed by atoms with Gasteiger partial charge in [-0.3, -0.25) is 9.59 Å². The van der Waals surface area contributed by atoms with Crippen LogP contribution in [0.25, 0.3) is 11.1 Å². The molecule has 1 aliphatic carbocycles. The first-order valence-electron chi connectivity index (χ1n) is 11.2. The second-order valence-electron chi connectivity index (χ2n) is 8.98. The van der Waals surface area contributed by atoms with Crippen LogP contribution in [-0.2, 0) is 4.79 Å². The maximum absolute atomic E-state index is 12.9. The Hall–Kier alpha value is -3.17. The molecule has 6 nitrogen and oxygen atoms in total. The van der Waals surface area contributed by atoms with E-state index in [1.807, 2.05) is 48.5 Å². The van der Waals surface area contributed by atoms with E-state index in [0.717, 1.165) is 42.4 Å². The first-order chi connectivity index (χ1) is 15.5. The van der Waals surface area contributed by atoms with Crippen LogP contribution < -0.4 is 0 Å². The zero-order chi connectivity index (χ0) is 22.8. The van der Waals surface area contributed by atoms with E-state index in [4.69, 9.17) is 0 Å². The molecule has 0 unspecified atom stereocenters. The van der Waals surface area contributed by atoms with Crippen molar-refractivity contribution in [2.45, 2.75) is 43.7 Å². The number of hydrogen-bond acceptors (Lipinski definition) is 4. The molecular formula is C26H29N3O3. The zero-order valence-electron chi connectivity index (χ0n) is 18.6. The van der Waals surface area contributed by atoms with Crippen molar-refractivity contribution in [3.05, 3.63) is 59.7 Å². The normalized spacial score (nSPS) is 22.8. The lowest BCUT2D eigenvalue weighted by atomic mass is 9.74. The van der Waals surface area contributed by atoms with Gasteiger partial charge >= 0.3 is 0 Å². The minimum Gasteiger partial charge on any atom is -0.394 e. The van der Waals surface area contributed by atoms with Gasteiger partial charge in [-0.1, -0.05) is 49.2 Å². The number of likely N-dealkylation sites (tertiary alicyclic amines) is 1. The van der Waals surface area contributed by atoms with Crippen molar-refractivity contribution >= 4 is 11.8 Å². The van der Waals surface area contributed by atoms with Crippen molar-refractivity contribution in [1.29, 1.82) is 5.26 Å². The molecule has 1 heterocycles. The minimum atomic E-state index is -0.539. The van der Waals surface area contributed by atoms with Crippen LogP contribution in [0.3, 0.4) is 0 Å². The first kappa shape index (κ1) is 22.0. The molecule has 6 heteroatoms. The van der Waals surface area contributed by atoms with Crippen LogP contribution in [0.1, 0.15) is 47.5 Å². The summed E-state index contributed by atoms with van der Waals surface area (Å²) in [5.41, 5.74) is 3.59. The summed E-state index contributed by atoms with van der Waals surface area (Å²) in [7, 11) is 3.46. The monoisotopic (exact) mass is 431 g/mol. The second kappa shape index (κ2) is 9.13. The van der Waals surface area contributed by atoms with Crippen LogP contribution in [0, 0.1) is 17.2 Å². The molecule has 2 aromatic rings. The van der Waals surface area contributed by atoms with Gasteiger partial charge in [-0.2, -0.15) is 5.26 Å².